The minimum atomic E-state index is -0.127. The van der Waals surface area contributed by atoms with Crippen molar-refractivity contribution in [1.82, 2.24) is 0 Å². The van der Waals surface area contributed by atoms with Gasteiger partial charge in [0, 0.05) is 29.2 Å². The molecule has 0 heterocycles. The molecule has 0 aromatic heterocycles. The molecule has 0 saturated heterocycles. The summed E-state index contributed by atoms with van der Waals surface area (Å²) in [5.41, 5.74) is 6.72. The van der Waals surface area contributed by atoms with E-state index in [9.17, 15) is 0 Å². The van der Waals surface area contributed by atoms with Gasteiger partial charge in [0.05, 0.1) is 6.61 Å². The molecular weight excluding hydrogens is 226 g/mol. The zero-order chi connectivity index (χ0) is 12.1. The molecule has 2 atom stereocenters. The van der Waals surface area contributed by atoms with Crippen LogP contribution in [-0.4, -0.2) is 18.3 Å². The van der Waals surface area contributed by atoms with Crippen molar-refractivity contribution in [2.24, 2.45) is 11.7 Å². The van der Waals surface area contributed by atoms with E-state index in [1.54, 1.807) is 6.07 Å². The summed E-state index contributed by atoms with van der Waals surface area (Å²) in [5.74, 6) is 0.844. The van der Waals surface area contributed by atoms with Gasteiger partial charge in [-0.1, -0.05) is 18.5 Å². The predicted molar refractivity (Wildman–Crippen MR) is 65.8 cm³/mol. The molecule has 0 spiro atoms. The lowest BCUT2D eigenvalue weighted by atomic mass is 10.1. The summed E-state index contributed by atoms with van der Waals surface area (Å²) in [5, 5.41) is 9.56. The highest BCUT2D eigenvalue weighted by Crippen LogP contribution is 2.27. The number of aliphatic hydroxyl groups excluding tert-OH is 1. The Hall–Kier alpha value is -0.770. The third-order valence-corrected chi connectivity index (χ3v) is 2.53. The van der Waals surface area contributed by atoms with Crippen LogP contribution in [-0.2, 0) is 0 Å². The Labute approximate surface area is 101 Å². The Morgan fingerprint density at radius 1 is 1.44 bits per heavy atom. The topological polar surface area (TPSA) is 55.5 Å². The number of nitrogens with two attached hydrogens (primary N) is 1. The number of ether oxygens (including phenoxy) is 1. The van der Waals surface area contributed by atoms with Crippen molar-refractivity contribution in [3.05, 3.63) is 28.8 Å². The molecule has 16 heavy (non-hydrogen) atoms. The van der Waals surface area contributed by atoms with Crippen LogP contribution in [0.15, 0.2) is 18.2 Å². The van der Waals surface area contributed by atoms with Crippen LogP contribution in [0.5, 0.6) is 5.75 Å². The second kappa shape index (κ2) is 6.09. The molecule has 0 aliphatic carbocycles. The van der Waals surface area contributed by atoms with Crippen molar-refractivity contribution in [3.8, 4) is 5.75 Å². The molecule has 4 heteroatoms. The zero-order valence-electron chi connectivity index (χ0n) is 9.61. The minimum absolute atomic E-state index is 0.108. The summed E-state index contributed by atoms with van der Waals surface area (Å²) in [7, 11) is 0. The maximum atomic E-state index is 8.91. The van der Waals surface area contributed by atoms with E-state index < -0.39 is 0 Å². The van der Waals surface area contributed by atoms with E-state index in [1.165, 1.54) is 0 Å². The molecule has 1 aromatic rings. The molecular formula is C12H18ClNO2. The van der Waals surface area contributed by atoms with Gasteiger partial charge in [-0.3, -0.25) is 0 Å². The minimum Gasteiger partial charge on any atom is -0.493 e. The highest BCUT2D eigenvalue weighted by molar-refractivity contribution is 6.30. The van der Waals surface area contributed by atoms with Crippen molar-refractivity contribution >= 4 is 11.6 Å². The van der Waals surface area contributed by atoms with Crippen LogP contribution in [0.3, 0.4) is 0 Å². The molecule has 3 N–H and O–H groups in total. The first-order chi connectivity index (χ1) is 7.54. The third-order valence-electron chi connectivity index (χ3n) is 2.30. The summed E-state index contributed by atoms with van der Waals surface area (Å²) in [4.78, 5) is 0. The second-order valence-electron chi connectivity index (χ2n) is 4.07. The van der Waals surface area contributed by atoms with Crippen LogP contribution < -0.4 is 10.5 Å². The fourth-order valence-corrected chi connectivity index (χ4v) is 1.47. The van der Waals surface area contributed by atoms with Crippen LogP contribution in [0, 0.1) is 5.92 Å². The van der Waals surface area contributed by atoms with Gasteiger partial charge in [0.15, 0.2) is 0 Å². The first kappa shape index (κ1) is 13.3. The SMILES string of the molecule is CC(CO)COc1ccc(Cl)cc1C(C)N. The average Bonchev–Trinajstić information content (AvgIpc) is 2.26. The molecule has 1 aromatic carbocycles. The third kappa shape index (κ3) is 3.67. The quantitative estimate of drug-likeness (QED) is 0.835. The standard InChI is InChI=1S/C12H18ClNO2/c1-8(6-15)7-16-12-4-3-10(13)5-11(12)9(2)14/h3-5,8-9,15H,6-7,14H2,1-2H3. The van der Waals surface area contributed by atoms with Crippen molar-refractivity contribution in [2.45, 2.75) is 19.9 Å². The maximum Gasteiger partial charge on any atom is 0.124 e. The van der Waals surface area contributed by atoms with Crippen LogP contribution >= 0.6 is 11.6 Å². The van der Waals surface area contributed by atoms with Crippen molar-refractivity contribution in [3.63, 3.8) is 0 Å². The monoisotopic (exact) mass is 243 g/mol. The van der Waals surface area contributed by atoms with Gasteiger partial charge < -0.3 is 15.6 Å². The smallest absolute Gasteiger partial charge is 0.124 e. The first-order valence-electron chi connectivity index (χ1n) is 5.33. The Kier molecular flexibility index (Phi) is 5.06. The summed E-state index contributed by atoms with van der Waals surface area (Å²) < 4.78 is 5.61. The fourth-order valence-electron chi connectivity index (χ4n) is 1.29. The average molecular weight is 244 g/mol. The predicted octanol–water partition coefficient (Wildman–Crippen LogP) is 2.37. The molecule has 1 rings (SSSR count). The van der Waals surface area contributed by atoms with Crippen LogP contribution in [0.4, 0.5) is 0 Å². The van der Waals surface area contributed by atoms with E-state index >= 15 is 0 Å². The molecule has 90 valence electrons. The molecule has 0 saturated carbocycles. The first-order valence-corrected chi connectivity index (χ1v) is 5.71. The van der Waals surface area contributed by atoms with E-state index in [0.29, 0.717) is 11.6 Å². The molecule has 0 aliphatic rings. The van der Waals surface area contributed by atoms with Gasteiger partial charge in [0.2, 0.25) is 0 Å². The van der Waals surface area contributed by atoms with Crippen LogP contribution in [0.1, 0.15) is 25.5 Å². The van der Waals surface area contributed by atoms with Crippen molar-refractivity contribution < 1.29 is 9.84 Å². The van der Waals surface area contributed by atoms with Crippen LogP contribution in [0.2, 0.25) is 5.02 Å². The molecule has 0 radical (unpaired) electrons. The Morgan fingerprint density at radius 2 is 2.12 bits per heavy atom. The lowest BCUT2D eigenvalue weighted by molar-refractivity contribution is 0.173. The van der Waals surface area contributed by atoms with E-state index in [-0.39, 0.29) is 18.6 Å². The summed E-state index contributed by atoms with van der Waals surface area (Å²) in [6.45, 7) is 4.38. The van der Waals surface area contributed by atoms with Crippen molar-refractivity contribution in [1.29, 1.82) is 0 Å². The Morgan fingerprint density at radius 3 is 2.69 bits per heavy atom. The summed E-state index contributed by atoms with van der Waals surface area (Å²) in [6.07, 6.45) is 0. The Balaban J connectivity index is 2.78. The fraction of sp³-hybridized carbons (Fsp3) is 0.500. The van der Waals surface area contributed by atoms with Crippen molar-refractivity contribution in [2.75, 3.05) is 13.2 Å². The van der Waals surface area contributed by atoms with E-state index in [0.717, 1.165) is 11.3 Å². The van der Waals surface area contributed by atoms with E-state index in [1.807, 2.05) is 26.0 Å². The highest BCUT2D eigenvalue weighted by atomic mass is 35.5. The number of benzene rings is 1. The molecule has 2 unspecified atom stereocenters. The zero-order valence-corrected chi connectivity index (χ0v) is 10.4. The van der Waals surface area contributed by atoms with Gasteiger partial charge in [-0.25, -0.2) is 0 Å². The molecule has 0 bridgehead atoms. The maximum absolute atomic E-state index is 8.91. The van der Waals surface area contributed by atoms with E-state index in [2.05, 4.69) is 0 Å². The highest BCUT2D eigenvalue weighted by Gasteiger charge is 2.10. The summed E-state index contributed by atoms with van der Waals surface area (Å²) in [6, 6.07) is 5.26. The lowest BCUT2D eigenvalue weighted by Crippen LogP contribution is -2.14. The number of aliphatic hydroxyl groups is 1. The molecule has 3 nitrogen and oxygen atoms in total. The Bertz CT molecular complexity index is 342. The van der Waals surface area contributed by atoms with Gasteiger partial charge in [-0.15, -0.1) is 0 Å². The summed E-state index contributed by atoms with van der Waals surface area (Å²) >= 11 is 5.90. The second-order valence-corrected chi connectivity index (χ2v) is 4.51. The lowest BCUT2D eigenvalue weighted by Gasteiger charge is -2.16. The van der Waals surface area contributed by atoms with Gasteiger partial charge in [0.25, 0.3) is 0 Å². The van der Waals surface area contributed by atoms with Gasteiger partial charge in [0.1, 0.15) is 5.75 Å². The number of hydrogen-bond donors (Lipinski definition) is 2. The molecule has 0 fully saturated rings. The van der Waals surface area contributed by atoms with Crippen LogP contribution in [0.25, 0.3) is 0 Å². The molecule has 0 aliphatic heterocycles. The number of hydrogen-bond acceptors (Lipinski definition) is 3. The van der Waals surface area contributed by atoms with Gasteiger partial charge in [-0.2, -0.15) is 0 Å². The normalized spacial score (nSPS) is 14.6. The van der Waals surface area contributed by atoms with Gasteiger partial charge >= 0.3 is 0 Å². The largest absolute Gasteiger partial charge is 0.493 e. The number of rotatable bonds is 5. The molecule has 0 amide bonds. The van der Waals surface area contributed by atoms with E-state index in [4.69, 9.17) is 27.2 Å². The number of halogens is 1. The van der Waals surface area contributed by atoms with Gasteiger partial charge in [-0.05, 0) is 25.1 Å².